The Hall–Kier alpha value is -4.71. The first-order valence-electron chi connectivity index (χ1n) is 11.8. The van der Waals surface area contributed by atoms with Gasteiger partial charge in [0.1, 0.15) is 17.5 Å². The van der Waals surface area contributed by atoms with E-state index in [1.54, 1.807) is 6.20 Å². The molecule has 0 aliphatic heterocycles. The van der Waals surface area contributed by atoms with Gasteiger partial charge < -0.3 is 16.4 Å². The summed E-state index contributed by atoms with van der Waals surface area (Å²) in [6.07, 6.45) is -2.36. The third kappa shape index (κ3) is 5.81. The number of rotatable bonds is 7. The van der Waals surface area contributed by atoms with Crippen molar-refractivity contribution in [2.24, 2.45) is 0 Å². The molecule has 5 rings (SSSR count). The molecular weight excluding hydrogens is 550 g/mol. The highest BCUT2D eigenvalue weighted by Gasteiger charge is 2.32. The van der Waals surface area contributed by atoms with E-state index in [9.17, 15) is 22.4 Å². The Bertz CT molecular complexity index is 1700. The summed E-state index contributed by atoms with van der Waals surface area (Å²) in [5, 5.41) is 12.7. The van der Waals surface area contributed by atoms with E-state index in [1.807, 2.05) is 30.3 Å². The molecule has 0 bridgehead atoms. The summed E-state index contributed by atoms with van der Waals surface area (Å²) in [6, 6.07) is 13.8. The Balaban J connectivity index is 1.32. The van der Waals surface area contributed by atoms with Crippen LogP contribution in [0.4, 0.5) is 29.2 Å². The van der Waals surface area contributed by atoms with E-state index in [4.69, 9.17) is 17.3 Å². The van der Waals surface area contributed by atoms with Gasteiger partial charge in [-0.1, -0.05) is 41.9 Å². The fourth-order valence-corrected chi connectivity index (χ4v) is 4.14. The van der Waals surface area contributed by atoms with E-state index in [-0.39, 0.29) is 29.5 Å². The van der Waals surface area contributed by atoms with E-state index in [2.05, 4.69) is 30.8 Å². The second-order valence-electron chi connectivity index (χ2n) is 8.83. The molecule has 8 nitrogen and oxygen atoms in total. The number of hydrogen-bond acceptors (Lipinski definition) is 6. The van der Waals surface area contributed by atoms with Crippen molar-refractivity contribution >= 4 is 40.2 Å². The zero-order valence-corrected chi connectivity index (χ0v) is 21.2. The number of aromatic amines is 1. The van der Waals surface area contributed by atoms with Gasteiger partial charge in [0.05, 0.1) is 21.5 Å². The van der Waals surface area contributed by atoms with Gasteiger partial charge in [0.25, 0.3) is 5.91 Å². The molecule has 2 aromatic carbocycles. The van der Waals surface area contributed by atoms with Crippen LogP contribution in [0.5, 0.6) is 0 Å². The monoisotopic (exact) mass is 569 g/mol. The number of carbonyl (C=O) groups excluding carboxylic acids is 1. The van der Waals surface area contributed by atoms with E-state index in [0.29, 0.717) is 28.6 Å². The van der Waals surface area contributed by atoms with Crippen LogP contribution in [0.15, 0.2) is 67.0 Å². The van der Waals surface area contributed by atoms with Gasteiger partial charge in [-0.25, -0.2) is 14.4 Å². The molecule has 3 aromatic heterocycles. The molecule has 0 aliphatic carbocycles. The van der Waals surface area contributed by atoms with Crippen LogP contribution in [0.3, 0.4) is 0 Å². The number of amides is 1. The number of fused-ring (bicyclic) bond motifs is 1. The highest BCUT2D eigenvalue weighted by Crippen LogP contribution is 2.31. The third-order valence-corrected chi connectivity index (χ3v) is 6.37. The first-order chi connectivity index (χ1) is 19.1. The largest absolute Gasteiger partial charge is 0.417 e. The molecule has 5 aromatic rings. The molecule has 0 saturated heterocycles. The summed E-state index contributed by atoms with van der Waals surface area (Å²) in [4.78, 5) is 21.0. The van der Waals surface area contributed by atoms with Gasteiger partial charge in [0.15, 0.2) is 5.65 Å². The van der Waals surface area contributed by atoms with Gasteiger partial charge >= 0.3 is 6.18 Å². The molecule has 0 unspecified atom stereocenters. The fourth-order valence-electron chi connectivity index (χ4n) is 3.94. The molecule has 0 radical (unpaired) electrons. The molecule has 0 spiro atoms. The highest BCUT2D eigenvalue weighted by atomic mass is 35.5. The van der Waals surface area contributed by atoms with Crippen molar-refractivity contribution < 1.29 is 22.4 Å². The maximum Gasteiger partial charge on any atom is 0.417 e. The molecule has 40 heavy (non-hydrogen) atoms. The molecule has 204 valence electrons. The number of H-pyrrole nitrogens is 1. The lowest BCUT2D eigenvalue weighted by atomic mass is 10.0. The summed E-state index contributed by atoms with van der Waals surface area (Å²) < 4.78 is 53.5. The SMILES string of the molecule is Nc1[nH]nc2ncc(-c3ccc(CNc4ncc(C(F)(F)F)cc4C(=O)NCc4ccc(F)c(Cl)c4)cc3)cc12. The van der Waals surface area contributed by atoms with Gasteiger partial charge in [0.2, 0.25) is 0 Å². The predicted octanol–water partition coefficient (Wildman–Crippen LogP) is 5.96. The van der Waals surface area contributed by atoms with Crippen LogP contribution in [-0.4, -0.2) is 26.1 Å². The normalized spacial score (nSPS) is 11.5. The summed E-state index contributed by atoms with van der Waals surface area (Å²) in [5.41, 5.74) is 7.98. The Morgan fingerprint density at radius 2 is 1.70 bits per heavy atom. The third-order valence-electron chi connectivity index (χ3n) is 6.08. The minimum absolute atomic E-state index is 0.0307. The van der Waals surface area contributed by atoms with Crippen molar-refractivity contribution in [2.75, 3.05) is 11.1 Å². The molecule has 5 N–H and O–H groups in total. The number of hydrogen-bond donors (Lipinski definition) is 4. The van der Waals surface area contributed by atoms with Crippen molar-refractivity contribution in [1.29, 1.82) is 0 Å². The van der Waals surface area contributed by atoms with Crippen molar-refractivity contribution in [1.82, 2.24) is 25.5 Å². The lowest BCUT2D eigenvalue weighted by molar-refractivity contribution is -0.137. The number of aromatic nitrogens is 4. The topological polar surface area (TPSA) is 122 Å². The molecule has 1 amide bonds. The van der Waals surface area contributed by atoms with E-state index in [1.165, 1.54) is 12.1 Å². The number of anilines is 2. The van der Waals surface area contributed by atoms with E-state index < -0.39 is 23.5 Å². The average molecular weight is 570 g/mol. The number of nitrogens with two attached hydrogens (primary N) is 1. The molecule has 0 atom stereocenters. The van der Waals surface area contributed by atoms with Crippen LogP contribution in [0.25, 0.3) is 22.2 Å². The van der Waals surface area contributed by atoms with Crippen LogP contribution in [-0.2, 0) is 19.3 Å². The Morgan fingerprint density at radius 3 is 2.42 bits per heavy atom. The van der Waals surface area contributed by atoms with Crippen LogP contribution < -0.4 is 16.4 Å². The average Bonchev–Trinajstić information content (AvgIpc) is 3.32. The zero-order chi connectivity index (χ0) is 28.4. The van der Waals surface area contributed by atoms with Gasteiger partial charge in [-0.15, -0.1) is 0 Å². The van der Waals surface area contributed by atoms with Gasteiger partial charge in [-0.2, -0.15) is 18.3 Å². The first kappa shape index (κ1) is 26.9. The Kier molecular flexibility index (Phi) is 7.26. The fraction of sp³-hybridized carbons (Fsp3) is 0.111. The lowest BCUT2D eigenvalue weighted by Crippen LogP contribution is -2.25. The number of halogens is 5. The van der Waals surface area contributed by atoms with Gasteiger partial charge in [0, 0.05) is 31.0 Å². The van der Waals surface area contributed by atoms with Gasteiger partial charge in [-0.3, -0.25) is 9.89 Å². The van der Waals surface area contributed by atoms with E-state index in [0.717, 1.165) is 28.8 Å². The number of carbonyl (C=O) groups is 1. The summed E-state index contributed by atoms with van der Waals surface area (Å²) in [6.45, 7) is 0.0968. The number of benzene rings is 2. The standard InChI is InChI=1S/C27H20ClF4N7O/c28-21-7-15(3-6-22(21)29)11-37-26(40)20-9-18(27(30,31)32)13-36-24(20)34-10-14-1-4-16(5-2-14)17-8-19-23(33)38-39-25(19)35-12-17/h1-9,12-13H,10-11H2,(H,34,36)(H,37,40)(H3,33,35,38,39). The van der Waals surface area contributed by atoms with Crippen LogP contribution in [0.2, 0.25) is 5.02 Å². The smallest absolute Gasteiger partial charge is 0.384 e. The van der Waals surface area contributed by atoms with Crippen LogP contribution in [0.1, 0.15) is 27.0 Å². The quantitative estimate of drug-likeness (QED) is 0.180. The molecule has 0 saturated carbocycles. The van der Waals surface area contributed by atoms with Crippen LogP contribution in [0, 0.1) is 5.82 Å². The van der Waals surface area contributed by atoms with Gasteiger partial charge in [-0.05, 0) is 41.0 Å². The molecule has 3 heterocycles. The molecule has 0 aliphatic rings. The number of alkyl halides is 3. The van der Waals surface area contributed by atoms with Crippen LogP contribution >= 0.6 is 11.6 Å². The van der Waals surface area contributed by atoms with Crippen molar-refractivity contribution in [3.63, 3.8) is 0 Å². The minimum Gasteiger partial charge on any atom is -0.384 e. The summed E-state index contributed by atoms with van der Waals surface area (Å²) >= 11 is 5.77. The summed E-state index contributed by atoms with van der Waals surface area (Å²) in [5.74, 6) is -1.04. The van der Waals surface area contributed by atoms with Crippen molar-refractivity contribution in [3.8, 4) is 11.1 Å². The zero-order valence-electron chi connectivity index (χ0n) is 20.5. The number of nitrogens with zero attached hydrogens (tertiary/aromatic N) is 3. The predicted molar refractivity (Wildman–Crippen MR) is 143 cm³/mol. The van der Waals surface area contributed by atoms with Crippen molar-refractivity contribution in [3.05, 3.63) is 100 Å². The number of nitrogens with one attached hydrogen (secondary N) is 3. The van der Waals surface area contributed by atoms with Crippen molar-refractivity contribution in [2.45, 2.75) is 19.3 Å². The second kappa shape index (κ2) is 10.8. The maximum atomic E-state index is 13.4. The Morgan fingerprint density at radius 1 is 0.950 bits per heavy atom. The molecule has 0 fully saturated rings. The minimum atomic E-state index is -4.69. The lowest BCUT2D eigenvalue weighted by Gasteiger charge is -2.15. The summed E-state index contributed by atoms with van der Waals surface area (Å²) in [7, 11) is 0. The molecule has 13 heteroatoms. The maximum absolute atomic E-state index is 13.4. The van der Waals surface area contributed by atoms with E-state index >= 15 is 0 Å². The number of pyridine rings is 2. The first-order valence-corrected chi connectivity index (χ1v) is 12.2. The number of nitrogen functional groups attached to an aromatic ring is 1. The highest BCUT2D eigenvalue weighted by molar-refractivity contribution is 6.30. The Labute approximate surface area is 229 Å². The molecular formula is C27H20ClF4N7O. The second-order valence-corrected chi connectivity index (χ2v) is 9.24.